The Morgan fingerprint density at radius 3 is 2.61 bits per heavy atom. The van der Waals surface area contributed by atoms with Gasteiger partial charge in [0.05, 0.1) is 17.0 Å². The lowest BCUT2D eigenvalue weighted by Crippen LogP contribution is -2.50. The summed E-state index contributed by atoms with van der Waals surface area (Å²) in [7, 11) is 2.08. The smallest absolute Gasteiger partial charge is 0.410 e. The molecule has 4 heterocycles. The number of carbonyl (C=O) groups is 1. The first-order chi connectivity index (χ1) is 18.1. The quantitative estimate of drug-likeness (QED) is 0.395. The van der Waals surface area contributed by atoms with E-state index in [4.69, 9.17) is 18.9 Å². The van der Waals surface area contributed by atoms with E-state index in [1.54, 1.807) is 23.5 Å². The molecule has 1 amide bonds. The molecule has 0 unspecified atom stereocenters. The first-order valence-corrected chi connectivity index (χ1v) is 13.7. The Labute approximate surface area is 230 Å². The zero-order valence-corrected chi connectivity index (χ0v) is 23.8. The summed E-state index contributed by atoms with van der Waals surface area (Å²) in [5.74, 6) is 0.0855. The molecule has 2 fully saturated rings. The molecular weight excluding hydrogens is 557 g/mol. The summed E-state index contributed by atoms with van der Waals surface area (Å²) in [5.41, 5.74) is 0.995. The van der Waals surface area contributed by atoms with Gasteiger partial charge in [-0.05, 0) is 75.3 Å². The van der Waals surface area contributed by atoms with Crippen molar-refractivity contribution in [2.24, 2.45) is 0 Å². The van der Waals surface area contributed by atoms with E-state index in [-0.39, 0.29) is 23.7 Å². The van der Waals surface area contributed by atoms with Crippen molar-refractivity contribution < 1.29 is 23.1 Å². The van der Waals surface area contributed by atoms with Gasteiger partial charge < -0.3 is 28.6 Å². The maximum atomic E-state index is 15.8. The highest BCUT2D eigenvalue weighted by Gasteiger charge is 2.29. The number of ether oxygens (including phenoxy) is 2. The fraction of sp³-hybridized carbons (Fsp3) is 0.519. The van der Waals surface area contributed by atoms with E-state index in [9.17, 15) is 4.79 Å². The van der Waals surface area contributed by atoms with Gasteiger partial charge in [-0.3, -0.25) is 0 Å². The van der Waals surface area contributed by atoms with Crippen LogP contribution in [0.4, 0.5) is 15.0 Å². The molecule has 0 saturated carbocycles. The van der Waals surface area contributed by atoms with Gasteiger partial charge in [-0.1, -0.05) is 0 Å². The molecule has 9 nitrogen and oxygen atoms in total. The van der Waals surface area contributed by atoms with Gasteiger partial charge >= 0.3 is 12.1 Å². The first-order valence-electron chi connectivity index (χ1n) is 12.9. The van der Waals surface area contributed by atoms with Gasteiger partial charge in [0.1, 0.15) is 23.5 Å². The molecule has 11 heteroatoms. The molecule has 2 aromatic heterocycles. The van der Waals surface area contributed by atoms with E-state index in [2.05, 4.69) is 32.9 Å². The van der Waals surface area contributed by atoms with Crippen molar-refractivity contribution in [1.29, 1.82) is 0 Å². The van der Waals surface area contributed by atoms with E-state index < -0.39 is 11.4 Å². The summed E-state index contributed by atoms with van der Waals surface area (Å²) in [6.45, 7) is 8.94. The predicted octanol–water partition coefficient (Wildman–Crippen LogP) is 5.32. The maximum absolute atomic E-state index is 15.8. The van der Waals surface area contributed by atoms with Crippen molar-refractivity contribution >= 4 is 38.7 Å². The van der Waals surface area contributed by atoms with Crippen LogP contribution < -0.4 is 9.64 Å². The molecule has 0 bridgehead atoms. The van der Waals surface area contributed by atoms with Crippen LogP contribution in [0, 0.1) is 5.82 Å². The molecule has 5 rings (SSSR count). The molecule has 2 aliphatic rings. The molecule has 1 atom stereocenters. The summed E-state index contributed by atoms with van der Waals surface area (Å²) in [4.78, 5) is 27.8. The summed E-state index contributed by atoms with van der Waals surface area (Å²) < 4.78 is 32.9. The number of nitrogens with zero attached hydrogens (tertiary/aromatic N) is 5. The fourth-order valence-electron chi connectivity index (χ4n) is 4.89. The van der Waals surface area contributed by atoms with Gasteiger partial charge in [0.2, 0.25) is 0 Å². The second kappa shape index (κ2) is 10.7. The summed E-state index contributed by atoms with van der Waals surface area (Å²) in [5, 5.41) is 0.568. The second-order valence-corrected chi connectivity index (χ2v) is 11.6. The second-order valence-electron chi connectivity index (χ2n) is 10.8. The summed E-state index contributed by atoms with van der Waals surface area (Å²) in [6.07, 6.45) is 4.94. The maximum Gasteiger partial charge on any atom is 0.410 e. The van der Waals surface area contributed by atoms with E-state index in [1.165, 1.54) is 0 Å². The average molecular weight is 590 g/mol. The number of fused-ring (bicyclic) bond motifs is 1. The number of likely N-dealkylation sites (tertiary alicyclic amines) is 1. The van der Waals surface area contributed by atoms with Gasteiger partial charge in [0, 0.05) is 48.7 Å². The molecule has 0 spiro atoms. The van der Waals surface area contributed by atoms with Crippen molar-refractivity contribution in [1.82, 2.24) is 19.8 Å². The Hall–Kier alpha value is -2.92. The number of rotatable bonds is 5. The lowest BCUT2D eigenvalue weighted by Gasteiger charge is -2.36. The van der Waals surface area contributed by atoms with Crippen LogP contribution in [0.5, 0.6) is 6.01 Å². The number of hydrogen-bond acceptors (Lipinski definition) is 8. The minimum Gasteiger partial charge on any atom is -0.472 e. The Kier molecular flexibility index (Phi) is 7.50. The lowest BCUT2D eigenvalue weighted by atomic mass is 10.1. The van der Waals surface area contributed by atoms with Crippen LogP contribution in [0.25, 0.3) is 22.0 Å². The van der Waals surface area contributed by atoms with Crippen molar-refractivity contribution in [2.45, 2.75) is 45.3 Å². The third-order valence-electron chi connectivity index (χ3n) is 6.97. The highest BCUT2D eigenvalue weighted by molar-refractivity contribution is 9.10. The minimum absolute atomic E-state index is 0.143. The molecule has 0 radical (unpaired) electrons. The molecule has 204 valence electrons. The van der Waals surface area contributed by atoms with Crippen LogP contribution in [0.3, 0.4) is 0 Å². The molecule has 0 N–H and O–H groups in total. The van der Waals surface area contributed by atoms with Gasteiger partial charge in [-0.25, -0.2) is 9.18 Å². The zero-order valence-electron chi connectivity index (χ0n) is 22.2. The Bertz CT molecular complexity index is 1310. The van der Waals surface area contributed by atoms with Crippen LogP contribution in [-0.4, -0.2) is 83.9 Å². The number of aromatic nitrogens is 2. The van der Waals surface area contributed by atoms with Crippen LogP contribution in [0.2, 0.25) is 0 Å². The van der Waals surface area contributed by atoms with Crippen molar-refractivity contribution in [2.75, 3.05) is 51.3 Å². The number of halogens is 2. The number of amides is 1. The third kappa shape index (κ3) is 5.58. The van der Waals surface area contributed by atoms with Gasteiger partial charge in [0.15, 0.2) is 5.82 Å². The Morgan fingerprint density at radius 1 is 1.21 bits per heavy atom. The topological polar surface area (TPSA) is 84.2 Å². The highest BCUT2D eigenvalue weighted by Crippen LogP contribution is 2.39. The Balaban J connectivity index is 1.48. The molecule has 1 aromatic carbocycles. The summed E-state index contributed by atoms with van der Waals surface area (Å²) in [6, 6.07) is 4.07. The molecule has 0 aliphatic carbocycles. The number of likely N-dealkylation sites (N-methyl/N-ethyl adjacent to an activating group) is 1. The number of hydrogen-bond donors (Lipinski definition) is 0. The standard InChI is InChI=1S/C27H33BrFN5O4/c1-27(2,3)38-26(35)34-11-9-33(10-12-34)24-20-14-19(17-7-13-36-15-17)21(28)22(29)23(20)30-25(31-24)37-16-18-6-5-8-32(18)4/h7,13-15,18H,5-6,8-12,16H2,1-4H3/t18-/m0/s1. The van der Waals surface area contributed by atoms with Crippen LogP contribution in [0.15, 0.2) is 33.5 Å². The van der Waals surface area contributed by atoms with Crippen LogP contribution in [-0.2, 0) is 4.74 Å². The SMILES string of the molecule is CN1CCC[C@H]1COc1nc(N2CCN(C(=O)OC(C)(C)C)CC2)c2cc(-c3ccoc3)c(Br)c(F)c2n1. The van der Waals surface area contributed by atoms with Gasteiger partial charge in [-0.15, -0.1) is 0 Å². The lowest BCUT2D eigenvalue weighted by molar-refractivity contribution is 0.0240. The first kappa shape index (κ1) is 26.7. The van der Waals surface area contributed by atoms with Crippen molar-refractivity contribution in [3.8, 4) is 17.1 Å². The molecular formula is C27H33BrFN5O4. The van der Waals surface area contributed by atoms with Crippen LogP contribution >= 0.6 is 15.9 Å². The molecule has 2 aliphatic heterocycles. The number of carbonyl (C=O) groups excluding carboxylic acids is 1. The van der Waals surface area contributed by atoms with Crippen molar-refractivity contribution in [3.63, 3.8) is 0 Å². The van der Waals surface area contributed by atoms with Crippen molar-refractivity contribution in [3.05, 3.63) is 34.9 Å². The largest absolute Gasteiger partial charge is 0.472 e. The molecule has 2 saturated heterocycles. The highest BCUT2D eigenvalue weighted by atomic mass is 79.9. The number of piperazine rings is 1. The number of anilines is 1. The Morgan fingerprint density at radius 2 is 1.97 bits per heavy atom. The fourth-order valence-corrected chi connectivity index (χ4v) is 5.42. The van der Waals surface area contributed by atoms with Gasteiger partial charge in [-0.2, -0.15) is 9.97 Å². The summed E-state index contributed by atoms with van der Waals surface area (Å²) >= 11 is 3.42. The van der Waals surface area contributed by atoms with E-state index in [0.717, 1.165) is 24.9 Å². The monoisotopic (exact) mass is 589 g/mol. The van der Waals surface area contributed by atoms with Crippen LogP contribution in [0.1, 0.15) is 33.6 Å². The normalized spacial score (nSPS) is 18.8. The average Bonchev–Trinajstić information content (AvgIpc) is 3.56. The van der Waals surface area contributed by atoms with Gasteiger partial charge in [0.25, 0.3) is 0 Å². The van der Waals surface area contributed by atoms with E-state index in [1.807, 2.05) is 31.7 Å². The molecule has 3 aromatic rings. The predicted molar refractivity (Wildman–Crippen MR) is 146 cm³/mol. The minimum atomic E-state index is -0.564. The van der Waals surface area contributed by atoms with E-state index in [0.29, 0.717) is 54.0 Å². The number of furan rings is 1. The third-order valence-corrected chi connectivity index (χ3v) is 7.75. The van der Waals surface area contributed by atoms with E-state index >= 15 is 4.39 Å². The molecule has 38 heavy (non-hydrogen) atoms. The number of benzene rings is 1. The zero-order chi connectivity index (χ0) is 27.0.